The van der Waals surface area contributed by atoms with Crippen molar-refractivity contribution in [1.82, 2.24) is 0 Å². The van der Waals surface area contributed by atoms with Crippen LogP contribution in [0.25, 0.3) is 0 Å². The topological polar surface area (TPSA) is 52.3 Å². The molecule has 0 heterocycles. The van der Waals surface area contributed by atoms with E-state index in [4.69, 9.17) is 5.73 Å². The fourth-order valence-electron chi connectivity index (χ4n) is 1.69. The number of carbonyl (C=O) groups excluding carboxylic acids is 1. The second-order valence-corrected chi connectivity index (χ2v) is 4.03. The van der Waals surface area contributed by atoms with Crippen molar-refractivity contribution >= 4 is 5.97 Å². The smallest absolute Gasteiger partial charge is 0.305 e. The van der Waals surface area contributed by atoms with E-state index < -0.39 is 0 Å². The van der Waals surface area contributed by atoms with Gasteiger partial charge in [0, 0.05) is 12.5 Å². The van der Waals surface area contributed by atoms with Crippen molar-refractivity contribution < 1.29 is 9.53 Å². The lowest BCUT2D eigenvalue weighted by Gasteiger charge is -2.10. The third-order valence-corrected chi connectivity index (χ3v) is 2.49. The first kappa shape index (κ1) is 12.7. The van der Waals surface area contributed by atoms with E-state index in [0.717, 1.165) is 12.8 Å². The summed E-state index contributed by atoms with van der Waals surface area (Å²) in [5, 5.41) is 0. The predicted molar refractivity (Wildman–Crippen MR) is 64.1 cm³/mol. The molecule has 2 N–H and O–H groups in total. The Labute approximate surface area is 96.6 Å². The van der Waals surface area contributed by atoms with Crippen LogP contribution in [0.15, 0.2) is 24.3 Å². The van der Waals surface area contributed by atoms with Gasteiger partial charge in [-0.25, -0.2) is 0 Å². The molecule has 0 unspecified atom stereocenters. The van der Waals surface area contributed by atoms with Gasteiger partial charge in [-0.05, 0) is 30.9 Å². The van der Waals surface area contributed by atoms with Crippen LogP contribution in [0.5, 0.6) is 0 Å². The van der Waals surface area contributed by atoms with Crippen molar-refractivity contribution in [3.63, 3.8) is 0 Å². The zero-order valence-corrected chi connectivity index (χ0v) is 9.90. The molecular formula is C13H19NO2. The van der Waals surface area contributed by atoms with Crippen molar-refractivity contribution in [2.45, 2.75) is 32.2 Å². The third-order valence-electron chi connectivity index (χ3n) is 2.49. The molecule has 0 aliphatic rings. The Morgan fingerprint density at radius 1 is 1.38 bits per heavy atom. The highest BCUT2D eigenvalue weighted by molar-refractivity contribution is 5.69. The van der Waals surface area contributed by atoms with Gasteiger partial charge in [0.2, 0.25) is 0 Å². The van der Waals surface area contributed by atoms with Gasteiger partial charge in [-0.1, -0.05) is 24.3 Å². The van der Waals surface area contributed by atoms with Gasteiger partial charge < -0.3 is 10.5 Å². The molecule has 1 rings (SSSR count). The molecule has 0 saturated heterocycles. The molecule has 1 aromatic rings. The van der Waals surface area contributed by atoms with Crippen LogP contribution in [0, 0.1) is 0 Å². The quantitative estimate of drug-likeness (QED) is 0.770. The van der Waals surface area contributed by atoms with Crippen LogP contribution in [-0.2, 0) is 22.4 Å². The molecule has 0 saturated carbocycles. The van der Waals surface area contributed by atoms with Crippen LogP contribution < -0.4 is 5.73 Å². The van der Waals surface area contributed by atoms with Crippen LogP contribution in [0.3, 0.4) is 0 Å². The lowest BCUT2D eigenvalue weighted by atomic mass is 9.98. The first-order chi connectivity index (χ1) is 7.63. The molecule has 0 aromatic heterocycles. The summed E-state index contributed by atoms with van der Waals surface area (Å²) >= 11 is 0. The monoisotopic (exact) mass is 221 g/mol. The standard InChI is InChI=1S/C13H19NO2/c1-10(14)9-12-6-4-3-5-11(12)7-8-13(15)16-2/h3-6,10H,7-9,14H2,1-2H3/t10-/m1/s1. The molecule has 88 valence electrons. The minimum atomic E-state index is -0.171. The number of rotatable bonds is 5. The maximum Gasteiger partial charge on any atom is 0.305 e. The average Bonchev–Trinajstić information content (AvgIpc) is 2.26. The molecule has 1 atom stereocenters. The van der Waals surface area contributed by atoms with E-state index in [2.05, 4.69) is 10.8 Å². The molecule has 3 heteroatoms. The summed E-state index contributed by atoms with van der Waals surface area (Å²) in [7, 11) is 1.41. The largest absolute Gasteiger partial charge is 0.469 e. The molecular weight excluding hydrogens is 202 g/mol. The number of benzene rings is 1. The number of nitrogens with two attached hydrogens (primary N) is 1. The van der Waals surface area contributed by atoms with E-state index in [1.165, 1.54) is 18.2 Å². The molecule has 0 radical (unpaired) electrons. The second kappa shape index (κ2) is 6.28. The maximum atomic E-state index is 11.1. The maximum absolute atomic E-state index is 11.1. The first-order valence-corrected chi connectivity index (χ1v) is 5.52. The molecule has 0 spiro atoms. The number of carbonyl (C=O) groups is 1. The summed E-state index contributed by atoms with van der Waals surface area (Å²) < 4.78 is 4.63. The first-order valence-electron chi connectivity index (χ1n) is 5.52. The van der Waals surface area contributed by atoms with Gasteiger partial charge in [-0.2, -0.15) is 0 Å². The number of hydrogen-bond acceptors (Lipinski definition) is 3. The van der Waals surface area contributed by atoms with E-state index in [9.17, 15) is 4.79 Å². The van der Waals surface area contributed by atoms with Crippen LogP contribution >= 0.6 is 0 Å². The van der Waals surface area contributed by atoms with E-state index in [-0.39, 0.29) is 12.0 Å². The van der Waals surface area contributed by atoms with Gasteiger partial charge in [-0.3, -0.25) is 4.79 Å². The van der Waals surface area contributed by atoms with Gasteiger partial charge in [-0.15, -0.1) is 0 Å². The number of hydrogen-bond donors (Lipinski definition) is 1. The van der Waals surface area contributed by atoms with Crippen LogP contribution in [0.4, 0.5) is 0 Å². The van der Waals surface area contributed by atoms with E-state index in [1.54, 1.807) is 0 Å². The van der Waals surface area contributed by atoms with Crippen molar-refractivity contribution in [2.75, 3.05) is 7.11 Å². The number of aryl methyl sites for hydroxylation is 1. The van der Waals surface area contributed by atoms with Crippen LogP contribution in [-0.4, -0.2) is 19.1 Å². The zero-order chi connectivity index (χ0) is 12.0. The Kier molecular flexibility index (Phi) is 4.99. The fraction of sp³-hybridized carbons (Fsp3) is 0.462. The number of methoxy groups -OCH3 is 1. The van der Waals surface area contributed by atoms with Gasteiger partial charge >= 0.3 is 5.97 Å². The van der Waals surface area contributed by atoms with Gasteiger partial charge in [0.15, 0.2) is 0 Å². The molecule has 0 fully saturated rings. The minimum Gasteiger partial charge on any atom is -0.469 e. The SMILES string of the molecule is COC(=O)CCc1ccccc1C[C@@H](C)N. The van der Waals surface area contributed by atoms with Gasteiger partial charge in [0.05, 0.1) is 7.11 Å². The lowest BCUT2D eigenvalue weighted by Crippen LogP contribution is -2.18. The number of ether oxygens (including phenoxy) is 1. The van der Waals surface area contributed by atoms with Crippen LogP contribution in [0.2, 0.25) is 0 Å². The number of esters is 1. The zero-order valence-electron chi connectivity index (χ0n) is 9.90. The van der Waals surface area contributed by atoms with E-state index in [0.29, 0.717) is 6.42 Å². The van der Waals surface area contributed by atoms with Crippen molar-refractivity contribution in [3.05, 3.63) is 35.4 Å². The molecule has 1 aromatic carbocycles. The third kappa shape index (κ3) is 4.03. The highest BCUT2D eigenvalue weighted by Gasteiger charge is 2.07. The fourth-order valence-corrected chi connectivity index (χ4v) is 1.69. The van der Waals surface area contributed by atoms with Crippen molar-refractivity contribution in [3.8, 4) is 0 Å². The average molecular weight is 221 g/mol. The normalized spacial score (nSPS) is 12.2. The summed E-state index contributed by atoms with van der Waals surface area (Å²) in [6.07, 6.45) is 1.99. The van der Waals surface area contributed by atoms with Gasteiger partial charge in [0.25, 0.3) is 0 Å². The Bertz CT molecular complexity index is 348. The predicted octanol–water partition coefficient (Wildman–Crippen LogP) is 1.68. The van der Waals surface area contributed by atoms with Gasteiger partial charge in [0.1, 0.15) is 0 Å². The minimum absolute atomic E-state index is 0.138. The highest BCUT2D eigenvalue weighted by Crippen LogP contribution is 2.13. The molecule has 0 amide bonds. The van der Waals surface area contributed by atoms with E-state index in [1.807, 2.05) is 25.1 Å². The Morgan fingerprint density at radius 3 is 2.56 bits per heavy atom. The molecule has 16 heavy (non-hydrogen) atoms. The summed E-state index contributed by atoms with van der Waals surface area (Å²) in [4.78, 5) is 11.1. The Morgan fingerprint density at radius 2 is 2.00 bits per heavy atom. The highest BCUT2D eigenvalue weighted by atomic mass is 16.5. The Balaban J connectivity index is 2.67. The summed E-state index contributed by atoms with van der Waals surface area (Å²) in [5.41, 5.74) is 8.19. The Hall–Kier alpha value is -1.35. The molecule has 0 bridgehead atoms. The second-order valence-electron chi connectivity index (χ2n) is 4.03. The molecule has 3 nitrogen and oxygen atoms in total. The summed E-state index contributed by atoms with van der Waals surface area (Å²) in [6, 6.07) is 8.23. The molecule has 0 aliphatic carbocycles. The molecule has 0 aliphatic heterocycles. The summed E-state index contributed by atoms with van der Waals surface area (Å²) in [5.74, 6) is -0.171. The van der Waals surface area contributed by atoms with E-state index >= 15 is 0 Å². The van der Waals surface area contributed by atoms with Crippen LogP contribution in [0.1, 0.15) is 24.5 Å². The lowest BCUT2D eigenvalue weighted by molar-refractivity contribution is -0.140. The van der Waals surface area contributed by atoms with Crippen molar-refractivity contribution in [1.29, 1.82) is 0 Å². The summed E-state index contributed by atoms with van der Waals surface area (Å²) in [6.45, 7) is 1.98. The van der Waals surface area contributed by atoms with Crippen molar-refractivity contribution in [2.24, 2.45) is 5.73 Å².